The van der Waals surface area contributed by atoms with Gasteiger partial charge in [0, 0.05) is 28.7 Å². The van der Waals surface area contributed by atoms with Gasteiger partial charge in [0.1, 0.15) is 16.7 Å². The number of aromatic nitrogens is 1. The van der Waals surface area contributed by atoms with E-state index in [1.165, 1.54) is 12.1 Å². The van der Waals surface area contributed by atoms with Crippen LogP contribution in [-0.4, -0.2) is 4.98 Å². The molecule has 0 aliphatic rings. The summed E-state index contributed by atoms with van der Waals surface area (Å²) in [4.78, 5) is 27.3. The second kappa shape index (κ2) is 4.46. The summed E-state index contributed by atoms with van der Waals surface area (Å²) < 4.78 is 10.4. The summed E-state index contributed by atoms with van der Waals surface area (Å²) in [6.07, 6.45) is 1.73. The standard InChI is InChI=1S/C17H11NO4/c1-9-6-15-12(17(20)21-9)7-11(16(19)22-15)13-8-18-14-5-3-2-4-10(13)14/h2-8,18H,1H3. The van der Waals surface area contributed by atoms with E-state index in [4.69, 9.17) is 8.83 Å². The number of hydrogen-bond acceptors (Lipinski definition) is 4. The summed E-state index contributed by atoms with van der Waals surface area (Å²) in [7, 11) is 0. The predicted octanol–water partition coefficient (Wildman–Crippen LogP) is 3.20. The number of nitrogens with one attached hydrogen (secondary N) is 1. The lowest BCUT2D eigenvalue weighted by atomic mass is 10.1. The third kappa shape index (κ3) is 1.79. The van der Waals surface area contributed by atoms with E-state index in [0.717, 1.165) is 10.9 Å². The lowest BCUT2D eigenvalue weighted by Gasteiger charge is -2.01. The van der Waals surface area contributed by atoms with Gasteiger partial charge in [0.15, 0.2) is 0 Å². The molecule has 4 aromatic rings. The van der Waals surface area contributed by atoms with Crippen molar-refractivity contribution in [1.29, 1.82) is 0 Å². The first-order chi connectivity index (χ1) is 10.6. The lowest BCUT2D eigenvalue weighted by molar-refractivity contribution is 0.479. The van der Waals surface area contributed by atoms with Crippen LogP contribution in [0.5, 0.6) is 0 Å². The van der Waals surface area contributed by atoms with Crippen LogP contribution in [0.2, 0.25) is 0 Å². The van der Waals surface area contributed by atoms with Crippen LogP contribution >= 0.6 is 0 Å². The lowest BCUT2D eigenvalue weighted by Crippen LogP contribution is -2.07. The number of aromatic amines is 1. The van der Waals surface area contributed by atoms with Crippen LogP contribution in [0.15, 0.2) is 61.0 Å². The molecule has 0 atom stereocenters. The van der Waals surface area contributed by atoms with Gasteiger partial charge in [-0.25, -0.2) is 9.59 Å². The Balaban J connectivity index is 2.09. The van der Waals surface area contributed by atoms with Gasteiger partial charge in [-0.2, -0.15) is 0 Å². The molecule has 4 rings (SSSR count). The van der Waals surface area contributed by atoms with Gasteiger partial charge in [-0.3, -0.25) is 0 Å². The number of benzene rings is 1. The maximum atomic E-state index is 12.3. The third-order valence-electron chi connectivity index (χ3n) is 3.66. The van der Waals surface area contributed by atoms with E-state index in [0.29, 0.717) is 16.9 Å². The molecule has 22 heavy (non-hydrogen) atoms. The van der Waals surface area contributed by atoms with E-state index < -0.39 is 11.3 Å². The molecule has 0 saturated carbocycles. The predicted molar refractivity (Wildman–Crippen MR) is 83.0 cm³/mol. The minimum atomic E-state index is -0.514. The molecule has 1 N–H and O–H groups in total. The van der Waals surface area contributed by atoms with Crippen molar-refractivity contribution in [3.63, 3.8) is 0 Å². The van der Waals surface area contributed by atoms with Gasteiger partial charge in [-0.1, -0.05) is 18.2 Å². The zero-order valence-corrected chi connectivity index (χ0v) is 11.7. The van der Waals surface area contributed by atoms with Crippen molar-refractivity contribution >= 4 is 21.9 Å². The molecule has 0 aliphatic carbocycles. The molecular weight excluding hydrogens is 282 g/mol. The first-order valence-electron chi connectivity index (χ1n) is 6.78. The van der Waals surface area contributed by atoms with Gasteiger partial charge in [0.05, 0.1) is 5.56 Å². The fraction of sp³-hybridized carbons (Fsp3) is 0.0588. The third-order valence-corrected chi connectivity index (χ3v) is 3.66. The number of H-pyrrole nitrogens is 1. The maximum Gasteiger partial charge on any atom is 0.347 e. The summed E-state index contributed by atoms with van der Waals surface area (Å²) in [5.74, 6) is 0.403. The van der Waals surface area contributed by atoms with Crippen molar-refractivity contribution in [3.05, 3.63) is 69.2 Å². The monoisotopic (exact) mass is 293 g/mol. The van der Waals surface area contributed by atoms with E-state index in [9.17, 15) is 9.59 Å². The summed E-state index contributed by atoms with van der Waals surface area (Å²) in [5, 5.41) is 1.15. The van der Waals surface area contributed by atoms with Crippen molar-refractivity contribution in [3.8, 4) is 11.1 Å². The summed E-state index contributed by atoms with van der Waals surface area (Å²) >= 11 is 0. The van der Waals surface area contributed by atoms with E-state index in [1.54, 1.807) is 13.1 Å². The van der Waals surface area contributed by atoms with E-state index in [-0.39, 0.29) is 11.0 Å². The molecular formula is C17H11NO4. The summed E-state index contributed by atoms with van der Waals surface area (Å²) in [5.41, 5.74) is 1.18. The van der Waals surface area contributed by atoms with E-state index in [2.05, 4.69) is 4.98 Å². The van der Waals surface area contributed by atoms with Crippen molar-refractivity contribution < 1.29 is 8.83 Å². The zero-order valence-electron chi connectivity index (χ0n) is 11.7. The topological polar surface area (TPSA) is 76.2 Å². The highest BCUT2D eigenvalue weighted by molar-refractivity contribution is 5.96. The molecule has 0 bridgehead atoms. The Morgan fingerprint density at radius 1 is 0.909 bits per heavy atom. The summed E-state index contributed by atoms with van der Waals surface area (Å²) in [6.45, 7) is 1.63. The Morgan fingerprint density at radius 3 is 2.59 bits per heavy atom. The zero-order chi connectivity index (χ0) is 15.3. The highest BCUT2D eigenvalue weighted by atomic mass is 16.4. The Hall–Kier alpha value is -3.08. The van der Waals surface area contributed by atoms with Gasteiger partial charge in [0.2, 0.25) is 0 Å². The van der Waals surface area contributed by atoms with E-state index >= 15 is 0 Å². The molecule has 3 heterocycles. The quantitative estimate of drug-likeness (QED) is 0.584. The molecule has 0 unspecified atom stereocenters. The first-order valence-corrected chi connectivity index (χ1v) is 6.78. The Kier molecular flexibility index (Phi) is 2.56. The Morgan fingerprint density at radius 2 is 1.73 bits per heavy atom. The minimum absolute atomic E-state index is 0.238. The molecule has 0 fully saturated rings. The molecule has 0 saturated heterocycles. The largest absolute Gasteiger partial charge is 0.428 e. The second-order valence-corrected chi connectivity index (χ2v) is 5.12. The molecule has 1 aromatic carbocycles. The van der Waals surface area contributed by atoms with Crippen LogP contribution in [0.4, 0.5) is 0 Å². The average Bonchev–Trinajstić information content (AvgIpc) is 2.90. The van der Waals surface area contributed by atoms with Gasteiger partial charge >= 0.3 is 11.3 Å². The molecule has 0 radical (unpaired) electrons. The number of rotatable bonds is 1. The highest BCUT2D eigenvalue weighted by Crippen LogP contribution is 2.27. The summed E-state index contributed by atoms with van der Waals surface area (Å²) in [6, 6.07) is 10.7. The number of aryl methyl sites for hydroxylation is 1. The smallest absolute Gasteiger partial charge is 0.347 e. The van der Waals surface area contributed by atoms with Crippen LogP contribution in [0.25, 0.3) is 33.0 Å². The van der Waals surface area contributed by atoms with Gasteiger partial charge in [-0.05, 0) is 19.1 Å². The molecule has 0 amide bonds. The fourth-order valence-corrected chi connectivity index (χ4v) is 2.65. The van der Waals surface area contributed by atoms with Crippen molar-refractivity contribution in [2.45, 2.75) is 6.92 Å². The Bertz CT molecular complexity index is 1130. The normalized spacial score (nSPS) is 11.3. The molecule has 108 valence electrons. The highest BCUT2D eigenvalue weighted by Gasteiger charge is 2.14. The Labute approximate surface area is 123 Å². The molecule has 0 spiro atoms. The molecule has 5 heteroatoms. The van der Waals surface area contributed by atoms with Crippen LogP contribution in [0.3, 0.4) is 0 Å². The van der Waals surface area contributed by atoms with Gasteiger partial charge < -0.3 is 13.8 Å². The van der Waals surface area contributed by atoms with Gasteiger partial charge in [-0.15, -0.1) is 0 Å². The number of fused-ring (bicyclic) bond motifs is 2. The molecule has 0 aliphatic heterocycles. The van der Waals surface area contributed by atoms with Crippen molar-refractivity contribution in [2.75, 3.05) is 0 Å². The molecule has 5 nitrogen and oxygen atoms in total. The number of hydrogen-bond donors (Lipinski definition) is 1. The van der Waals surface area contributed by atoms with E-state index in [1.807, 2.05) is 24.3 Å². The second-order valence-electron chi connectivity index (χ2n) is 5.12. The van der Waals surface area contributed by atoms with Crippen LogP contribution in [0, 0.1) is 6.92 Å². The molecule has 3 aromatic heterocycles. The SMILES string of the molecule is Cc1cc2oc(=O)c(-c3c[nH]c4ccccc34)cc2c(=O)o1. The van der Waals surface area contributed by atoms with Gasteiger partial charge in [0.25, 0.3) is 0 Å². The van der Waals surface area contributed by atoms with Crippen LogP contribution in [-0.2, 0) is 0 Å². The van der Waals surface area contributed by atoms with Crippen LogP contribution in [0.1, 0.15) is 5.76 Å². The number of para-hydroxylation sites is 1. The van der Waals surface area contributed by atoms with Crippen LogP contribution < -0.4 is 11.3 Å². The fourth-order valence-electron chi connectivity index (χ4n) is 2.65. The van der Waals surface area contributed by atoms with Crippen molar-refractivity contribution in [1.82, 2.24) is 4.98 Å². The maximum absolute atomic E-state index is 12.3. The minimum Gasteiger partial charge on any atom is -0.428 e. The van der Waals surface area contributed by atoms with Crippen molar-refractivity contribution in [2.24, 2.45) is 0 Å². The first kappa shape index (κ1) is 12.6. The average molecular weight is 293 g/mol.